The quantitative estimate of drug-likeness (QED) is 0.160. The molecule has 0 spiro atoms. The first-order valence-corrected chi connectivity index (χ1v) is 13.0. The van der Waals surface area contributed by atoms with Crippen LogP contribution in [-0.4, -0.2) is 35.5 Å². The number of amides is 1. The molecule has 0 saturated carbocycles. The molecule has 1 saturated heterocycles. The lowest BCUT2D eigenvalue weighted by Gasteiger charge is -2.26. The number of carbonyl (C=O) groups excluding carboxylic acids is 3. The maximum atomic E-state index is 13.5. The van der Waals surface area contributed by atoms with Gasteiger partial charge in [-0.1, -0.05) is 36.8 Å². The van der Waals surface area contributed by atoms with Crippen LogP contribution in [0.1, 0.15) is 65.8 Å². The summed E-state index contributed by atoms with van der Waals surface area (Å²) in [5, 5.41) is 11.4. The number of ketones is 1. The smallest absolute Gasteiger partial charge is 0.338 e. The summed E-state index contributed by atoms with van der Waals surface area (Å²) in [6.45, 7) is 9.90. The van der Waals surface area contributed by atoms with E-state index >= 15 is 0 Å². The highest BCUT2D eigenvalue weighted by Gasteiger charge is 2.47. The molecule has 202 valence electrons. The Bertz CT molecular complexity index is 1440. The fourth-order valence-electron chi connectivity index (χ4n) is 4.62. The summed E-state index contributed by atoms with van der Waals surface area (Å²) in [5.74, 6) is -1.59. The van der Waals surface area contributed by atoms with Gasteiger partial charge in [-0.15, -0.1) is 0 Å². The molecule has 1 heterocycles. The molecule has 0 aliphatic carbocycles. The molecule has 7 heteroatoms. The molecule has 1 aliphatic heterocycles. The summed E-state index contributed by atoms with van der Waals surface area (Å²) in [6, 6.07) is 18.1. The van der Waals surface area contributed by atoms with E-state index in [9.17, 15) is 19.5 Å². The number of aryl methyl sites for hydroxylation is 2. The third kappa shape index (κ3) is 5.72. The Morgan fingerprint density at radius 1 is 0.974 bits per heavy atom. The van der Waals surface area contributed by atoms with Gasteiger partial charge in [0.15, 0.2) is 0 Å². The third-order valence-corrected chi connectivity index (χ3v) is 6.44. The molecule has 0 bridgehead atoms. The van der Waals surface area contributed by atoms with Crippen molar-refractivity contribution in [1.29, 1.82) is 0 Å². The summed E-state index contributed by atoms with van der Waals surface area (Å²) < 4.78 is 11.0. The van der Waals surface area contributed by atoms with E-state index in [4.69, 9.17) is 9.47 Å². The Morgan fingerprint density at radius 3 is 2.28 bits per heavy atom. The van der Waals surface area contributed by atoms with Crippen LogP contribution in [0.5, 0.6) is 5.75 Å². The van der Waals surface area contributed by atoms with Gasteiger partial charge >= 0.3 is 5.97 Å². The van der Waals surface area contributed by atoms with Crippen molar-refractivity contribution in [3.8, 4) is 5.75 Å². The van der Waals surface area contributed by atoms with Crippen LogP contribution in [0.4, 0.5) is 5.69 Å². The van der Waals surface area contributed by atoms with Crippen molar-refractivity contribution in [3.05, 3.63) is 100 Å². The molecule has 1 fully saturated rings. The third-order valence-electron chi connectivity index (χ3n) is 6.44. The van der Waals surface area contributed by atoms with Crippen LogP contribution in [0.3, 0.4) is 0 Å². The zero-order chi connectivity index (χ0) is 28.3. The number of nitrogens with zero attached hydrogens (tertiary/aromatic N) is 1. The number of anilines is 1. The highest BCUT2D eigenvalue weighted by molar-refractivity contribution is 6.51. The highest BCUT2D eigenvalue weighted by Crippen LogP contribution is 2.42. The number of aliphatic hydroxyl groups excluding tert-OH is 1. The van der Waals surface area contributed by atoms with E-state index in [0.717, 1.165) is 17.5 Å². The van der Waals surface area contributed by atoms with Crippen molar-refractivity contribution < 1.29 is 29.0 Å². The summed E-state index contributed by atoms with van der Waals surface area (Å²) in [4.78, 5) is 40.6. The predicted molar refractivity (Wildman–Crippen MR) is 150 cm³/mol. The predicted octanol–water partition coefficient (Wildman–Crippen LogP) is 6.28. The van der Waals surface area contributed by atoms with E-state index in [1.54, 1.807) is 56.3 Å². The first kappa shape index (κ1) is 27.6. The van der Waals surface area contributed by atoms with Crippen LogP contribution in [0.2, 0.25) is 0 Å². The number of ether oxygens (including phenoxy) is 2. The second kappa shape index (κ2) is 11.6. The van der Waals surface area contributed by atoms with Gasteiger partial charge in [0, 0.05) is 11.3 Å². The van der Waals surface area contributed by atoms with Gasteiger partial charge < -0.3 is 14.6 Å². The minimum absolute atomic E-state index is 0.00415. The zero-order valence-electron chi connectivity index (χ0n) is 22.9. The average Bonchev–Trinajstić information content (AvgIpc) is 3.17. The lowest BCUT2D eigenvalue weighted by molar-refractivity contribution is -0.132. The number of esters is 1. The molecule has 1 unspecified atom stereocenters. The van der Waals surface area contributed by atoms with E-state index in [1.165, 1.54) is 4.90 Å². The van der Waals surface area contributed by atoms with Crippen LogP contribution in [0.15, 0.2) is 72.3 Å². The van der Waals surface area contributed by atoms with Gasteiger partial charge in [-0.05, 0) is 87.7 Å². The Balaban J connectivity index is 1.82. The molecule has 0 radical (unpaired) electrons. The van der Waals surface area contributed by atoms with E-state index in [-0.39, 0.29) is 17.4 Å². The molecule has 1 aliphatic rings. The van der Waals surface area contributed by atoms with Gasteiger partial charge in [0.25, 0.3) is 11.7 Å². The first-order chi connectivity index (χ1) is 18.6. The number of rotatable bonds is 8. The minimum Gasteiger partial charge on any atom is -0.507 e. The van der Waals surface area contributed by atoms with Gasteiger partial charge in [-0.3, -0.25) is 14.5 Å². The lowest BCUT2D eigenvalue weighted by atomic mass is 9.93. The van der Waals surface area contributed by atoms with E-state index in [2.05, 4.69) is 0 Å². The Labute approximate surface area is 228 Å². The van der Waals surface area contributed by atoms with E-state index in [1.807, 2.05) is 45.0 Å². The second-order valence-electron chi connectivity index (χ2n) is 9.91. The SMILES string of the molecule is CCCOc1ccc(/C(O)=C2/C(=O)C(=O)N(c3ccc(C(=O)OC(C)C)cc3)C2c2cccc(C)c2)cc1C. The maximum absolute atomic E-state index is 13.5. The number of hydrogen-bond donors (Lipinski definition) is 1. The summed E-state index contributed by atoms with van der Waals surface area (Å²) in [5.41, 5.74) is 3.59. The van der Waals surface area contributed by atoms with Crippen molar-refractivity contribution in [1.82, 2.24) is 0 Å². The van der Waals surface area contributed by atoms with Crippen LogP contribution in [0, 0.1) is 13.8 Å². The van der Waals surface area contributed by atoms with Crippen molar-refractivity contribution >= 4 is 29.1 Å². The van der Waals surface area contributed by atoms with Gasteiger partial charge in [-0.25, -0.2) is 4.79 Å². The molecule has 3 aromatic carbocycles. The molecule has 3 aromatic rings. The van der Waals surface area contributed by atoms with Crippen molar-refractivity contribution in [2.24, 2.45) is 0 Å². The molecule has 4 rings (SSSR count). The van der Waals surface area contributed by atoms with Gasteiger partial charge in [0.1, 0.15) is 11.5 Å². The van der Waals surface area contributed by atoms with Crippen LogP contribution in [0.25, 0.3) is 5.76 Å². The van der Waals surface area contributed by atoms with E-state index in [0.29, 0.717) is 34.7 Å². The minimum atomic E-state index is -0.866. The average molecular weight is 528 g/mol. The topological polar surface area (TPSA) is 93.1 Å². The van der Waals surface area contributed by atoms with Crippen molar-refractivity contribution in [2.75, 3.05) is 11.5 Å². The highest BCUT2D eigenvalue weighted by atomic mass is 16.5. The van der Waals surface area contributed by atoms with Gasteiger partial charge in [0.2, 0.25) is 0 Å². The fraction of sp³-hybridized carbons (Fsp3) is 0.281. The monoisotopic (exact) mass is 527 g/mol. The Hall–Kier alpha value is -4.39. The number of benzene rings is 3. The van der Waals surface area contributed by atoms with Crippen LogP contribution < -0.4 is 9.64 Å². The molecule has 1 amide bonds. The van der Waals surface area contributed by atoms with Gasteiger partial charge in [0.05, 0.1) is 29.9 Å². The van der Waals surface area contributed by atoms with Crippen LogP contribution in [-0.2, 0) is 14.3 Å². The standard InChI is InChI=1S/C32H33NO6/c1-6-16-38-26-15-12-24(18-21(26)5)29(34)27-28(23-9-7-8-20(4)17-23)33(31(36)30(27)35)25-13-10-22(11-14-25)32(37)39-19(2)3/h7-15,17-19,28,34H,6,16H2,1-5H3/b29-27-. The Morgan fingerprint density at radius 2 is 1.67 bits per heavy atom. The largest absolute Gasteiger partial charge is 0.507 e. The zero-order valence-corrected chi connectivity index (χ0v) is 22.9. The number of hydrogen-bond acceptors (Lipinski definition) is 6. The Kier molecular flexibility index (Phi) is 8.19. The maximum Gasteiger partial charge on any atom is 0.338 e. The number of Topliss-reactive ketones (excluding diaryl/α,β-unsaturated/α-hetero) is 1. The molecule has 7 nitrogen and oxygen atoms in total. The molecular formula is C32H33NO6. The molecule has 0 aromatic heterocycles. The van der Waals surface area contributed by atoms with Crippen LogP contribution >= 0.6 is 0 Å². The molecular weight excluding hydrogens is 494 g/mol. The van der Waals surface area contributed by atoms with Crippen molar-refractivity contribution in [2.45, 2.75) is 53.2 Å². The summed E-state index contributed by atoms with van der Waals surface area (Å²) in [7, 11) is 0. The van der Waals surface area contributed by atoms with Gasteiger partial charge in [-0.2, -0.15) is 0 Å². The second-order valence-corrected chi connectivity index (χ2v) is 9.91. The molecule has 1 atom stereocenters. The van der Waals surface area contributed by atoms with E-state index < -0.39 is 23.7 Å². The first-order valence-electron chi connectivity index (χ1n) is 13.0. The lowest BCUT2D eigenvalue weighted by Crippen LogP contribution is -2.29. The number of carbonyl (C=O) groups is 3. The number of aliphatic hydroxyl groups is 1. The molecule has 39 heavy (non-hydrogen) atoms. The summed E-state index contributed by atoms with van der Waals surface area (Å²) in [6.07, 6.45) is 0.591. The van der Waals surface area contributed by atoms with Crippen molar-refractivity contribution in [3.63, 3.8) is 0 Å². The fourth-order valence-corrected chi connectivity index (χ4v) is 4.62. The molecule has 1 N–H and O–H groups in total. The normalized spacial score (nSPS) is 16.6. The summed E-state index contributed by atoms with van der Waals surface area (Å²) >= 11 is 0.